The van der Waals surface area contributed by atoms with Crippen LogP contribution in [0.4, 0.5) is 0 Å². The van der Waals surface area contributed by atoms with E-state index in [1.165, 1.54) is 0 Å². The van der Waals surface area contributed by atoms with Gasteiger partial charge in [0.2, 0.25) is 0 Å². The van der Waals surface area contributed by atoms with E-state index in [0.29, 0.717) is 62.9 Å². The third-order valence-electron chi connectivity index (χ3n) is 18.3. The van der Waals surface area contributed by atoms with Crippen LogP contribution >= 0.6 is 31.3 Å². The predicted molar refractivity (Wildman–Crippen MR) is 432 cm³/mol. The number of carbonyl (C=O) groups excluding carboxylic acids is 2. The van der Waals surface area contributed by atoms with Crippen molar-refractivity contribution >= 4 is 43.2 Å². The van der Waals surface area contributed by atoms with Crippen molar-refractivity contribution in [3.63, 3.8) is 0 Å². The van der Waals surface area contributed by atoms with Crippen molar-refractivity contribution < 1.29 is 101 Å². The highest BCUT2D eigenvalue weighted by molar-refractivity contribution is 7.49. The molecule has 22 nitrogen and oxygen atoms in total. The number of phosphoric ester groups is 4. The molecule has 1 aliphatic rings. The molecule has 114 heavy (non-hydrogen) atoms. The van der Waals surface area contributed by atoms with Crippen molar-refractivity contribution in [1.29, 1.82) is 0 Å². The van der Waals surface area contributed by atoms with Crippen LogP contribution in [0.25, 0.3) is 0 Å². The van der Waals surface area contributed by atoms with Crippen LogP contribution in [0.15, 0.2) is 273 Å². The highest BCUT2D eigenvalue weighted by Crippen LogP contribution is 2.63. The molecule has 0 heterocycles. The zero-order valence-corrected chi connectivity index (χ0v) is 68.1. The topological polar surface area (TPSA) is 250 Å². The van der Waals surface area contributed by atoms with Crippen LogP contribution in [0, 0.1) is 0 Å². The molecule has 0 aromatic heterocycles. The van der Waals surface area contributed by atoms with Crippen LogP contribution < -0.4 is 0 Å². The van der Waals surface area contributed by atoms with E-state index in [9.17, 15) is 9.59 Å². The van der Waals surface area contributed by atoms with Crippen molar-refractivity contribution in [3.8, 4) is 0 Å². The Morgan fingerprint density at radius 3 is 0.746 bits per heavy atom. The van der Waals surface area contributed by atoms with Gasteiger partial charge < -0.3 is 18.9 Å². The molecule has 0 amide bonds. The van der Waals surface area contributed by atoms with Crippen molar-refractivity contribution in [2.24, 2.45) is 0 Å². The van der Waals surface area contributed by atoms with Gasteiger partial charge in [-0.05, 0) is 62.9 Å². The molecule has 9 aromatic rings. The van der Waals surface area contributed by atoms with E-state index in [4.69, 9.17) is 73.2 Å². The van der Waals surface area contributed by atoms with Gasteiger partial charge in [0.05, 0.1) is 66.1 Å². The standard InChI is InChI=1S/C88H104O22P4/c1-3-5-7-9-38-58-81(89)95-69-80(106-82(90)59-39-10-8-6-4-2)70-105-114(94,104-68-79-56-36-19-37-57-79)107-85-83(96-60-71-40-20-11-21-41-71)86(108-111(91,98-62-73-44-24-13-25-45-73)99-63-74-46-26-14-27-47-74)88(110-113(93,102-66-77-52-32-17-33-53-77)103-67-78-54-34-18-35-55-78)87(84(85)97-61-72-42-22-12-23-43-72)109-112(92,100-64-75-48-28-15-29-49-75)101-65-76-50-30-16-31-51-76/h11-37,40-57,80,83-88H,3-10,38-39,58-70H2,1-2H3/t80-,83+,84+,85?,86-,87+,88?,114?/m1/s1. The lowest BCUT2D eigenvalue weighted by Crippen LogP contribution is -2.67. The maximum atomic E-state index is 17.1. The molecule has 0 aliphatic heterocycles. The number of hydrogen-bond acceptors (Lipinski definition) is 22. The Morgan fingerprint density at radius 1 is 0.263 bits per heavy atom. The van der Waals surface area contributed by atoms with E-state index in [0.717, 1.165) is 51.4 Å². The molecule has 1 fully saturated rings. The molecule has 1 aliphatic carbocycles. The molecule has 0 spiro atoms. The summed E-state index contributed by atoms with van der Waals surface area (Å²) >= 11 is 0. The van der Waals surface area contributed by atoms with E-state index < -0.39 is 145 Å². The van der Waals surface area contributed by atoms with Gasteiger partial charge in [0, 0.05) is 12.8 Å². The van der Waals surface area contributed by atoms with Crippen LogP contribution in [-0.2, 0) is 161 Å². The molecule has 10 rings (SSSR count). The molecule has 3 unspecified atom stereocenters. The minimum atomic E-state index is -5.45. The summed E-state index contributed by atoms with van der Waals surface area (Å²) in [5.74, 6) is -1.20. The summed E-state index contributed by atoms with van der Waals surface area (Å²) in [6, 6.07) is 79.3. The predicted octanol–water partition coefficient (Wildman–Crippen LogP) is 21.9. The van der Waals surface area contributed by atoms with Crippen LogP contribution in [-0.4, -0.2) is 67.9 Å². The van der Waals surface area contributed by atoms with Gasteiger partial charge in [-0.3, -0.25) is 63.9 Å². The minimum Gasteiger partial charge on any atom is -0.462 e. The number of hydrogen-bond donors (Lipinski definition) is 0. The van der Waals surface area contributed by atoms with Crippen LogP contribution in [0.2, 0.25) is 0 Å². The summed E-state index contributed by atoms with van der Waals surface area (Å²) in [6.45, 7) is -0.778. The van der Waals surface area contributed by atoms with Crippen LogP contribution in [0.3, 0.4) is 0 Å². The number of esters is 2. The Labute approximate surface area is 670 Å². The molecule has 9 aromatic carbocycles. The fourth-order valence-electron chi connectivity index (χ4n) is 12.1. The lowest BCUT2D eigenvalue weighted by molar-refractivity contribution is -0.241. The Bertz CT molecular complexity index is 4080. The summed E-state index contributed by atoms with van der Waals surface area (Å²) in [5.41, 5.74) is 4.72. The zero-order chi connectivity index (χ0) is 79.8. The second-order valence-electron chi connectivity index (χ2n) is 27.3. The summed E-state index contributed by atoms with van der Waals surface area (Å²) in [5, 5.41) is 0. The fraction of sp³-hybridized carbons (Fsp3) is 0.364. The summed E-state index contributed by atoms with van der Waals surface area (Å²) < 4.78 is 175. The Kier molecular flexibility index (Phi) is 37.4. The Hall–Kier alpha value is -7.72. The van der Waals surface area contributed by atoms with Gasteiger partial charge in [-0.15, -0.1) is 0 Å². The van der Waals surface area contributed by atoms with Gasteiger partial charge in [-0.2, -0.15) is 0 Å². The Balaban J connectivity index is 1.20. The minimum absolute atomic E-state index is 0.00268. The third kappa shape index (κ3) is 31.0. The normalized spacial score (nSPS) is 17.4. The first-order valence-corrected chi connectivity index (χ1v) is 44.7. The average molecular weight is 1640 g/mol. The average Bonchev–Trinajstić information content (AvgIpc) is 0.740. The lowest BCUT2D eigenvalue weighted by atomic mass is 9.84. The molecule has 26 heteroatoms. The number of benzene rings is 9. The van der Waals surface area contributed by atoms with Gasteiger partial charge in [0.15, 0.2) is 6.10 Å². The third-order valence-corrected chi connectivity index (χ3v) is 23.8. The summed E-state index contributed by atoms with van der Waals surface area (Å²) in [7, 11) is -21.3. The molecular weight excluding hydrogens is 1530 g/mol. The maximum absolute atomic E-state index is 17.1. The molecule has 608 valence electrons. The highest BCUT2D eigenvalue weighted by Gasteiger charge is 2.62. The molecule has 0 bridgehead atoms. The van der Waals surface area contributed by atoms with Gasteiger partial charge in [0.1, 0.15) is 43.2 Å². The van der Waals surface area contributed by atoms with E-state index in [1.54, 1.807) is 273 Å². The van der Waals surface area contributed by atoms with Crippen molar-refractivity contribution in [1.82, 2.24) is 0 Å². The number of carbonyl (C=O) groups is 2. The van der Waals surface area contributed by atoms with E-state index >= 15 is 18.3 Å². The monoisotopic (exact) mass is 1640 g/mol. The number of phosphoric acid groups is 4. The van der Waals surface area contributed by atoms with Crippen molar-refractivity contribution in [3.05, 3.63) is 323 Å². The summed E-state index contributed by atoms with van der Waals surface area (Å²) in [6.07, 6.45) is -5.58. The fourth-order valence-corrected chi connectivity index (χ4v) is 17.6. The quantitative estimate of drug-likeness (QED) is 0.0195. The van der Waals surface area contributed by atoms with E-state index in [2.05, 4.69) is 13.8 Å². The number of rotatable bonds is 53. The highest BCUT2D eigenvalue weighted by atomic mass is 31.2. The first-order chi connectivity index (χ1) is 55.6. The van der Waals surface area contributed by atoms with Gasteiger partial charge in [-0.1, -0.05) is 338 Å². The van der Waals surface area contributed by atoms with Gasteiger partial charge in [0.25, 0.3) is 0 Å². The summed E-state index contributed by atoms with van der Waals surface area (Å²) in [4.78, 5) is 27.6. The van der Waals surface area contributed by atoms with Gasteiger partial charge >= 0.3 is 43.2 Å². The second kappa shape index (κ2) is 48.1. The molecule has 1 saturated carbocycles. The number of unbranched alkanes of at least 4 members (excludes halogenated alkanes) is 8. The molecule has 0 radical (unpaired) electrons. The Morgan fingerprint density at radius 2 is 0.482 bits per heavy atom. The smallest absolute Gasteiger partial charge is 0.462 e. The zero-order valence-electron chi connectivity index (χ0n) is 64.6. The van der Waals surface area contributed by atoms with Crippen molar-refractivity contribution in [2.45, 2.75) is 193 Å². The largest absolute Gasteiger partial charge is 0.475 e. The molecule has 0 N–H and O–H groups in total. The van der Waals surface area contributed by atoms with Crippen LogP contribution in [0.1, 0.15) is 141 Å². The first kappa shape index (κ1) is 88.6. The molecular formula is C88H104O22P4. The molecule has 0 saturated heterocycles. The first-order valence-electron chi connectivity index (χ1n) is 38.9. The lowest BCUT2D eigenvalue weighted by Gasteiger charge is -2.50. The van der Waals surface area contributed by atoms with Gasteiger partial charge in [-0.25, -0.2) is 18.3 Å². The maximum Gasteiger partial charge on any atom is 0.475 e. The van der Waals surface area contributed by atoms with E-state index in [-0.39, 0.29) is 26.1 Å². The number of ether oxygens (including phenoxy) is 4. The SMILES string of the molecule is CCCCCCCC(=O)OC[C@H](COP(=O)(OCc1ccccc1)OC1[C@H](OCc2ccccc2)[C@H](OP(=O)(OCc2ccccc2)OCc2ccccc2)C(OP(=O)(OCc2ccccc2)OCc2ccccc2)[C@H](OP(=O)(OCc2ccccc2)OCc2ccccc2)[C@H]1OCc1ccccc1)OC(=O)CCCCCCC. The van der Waals surface area contributed by atoms with Crippen molar-refractivity contribution in [2.75, 3.05) is 13.2 Å². The van der Waals surface area contributed by atoms with Crippen LogP contribution in [0.5, 0.6) is 0 Å². The second-order valence-corrected chi connectivity index (χ2v) is 33.8. The molecule has 8 atom stereocenters. The van der Waals surface area contributed by atoms with E-state index in [1.807, 2.05) is 0 Å².